The Morgan fingerprint density at radius 1 is 0.400 bits per heavy atom. The molecule has 7 aromatic carbocycles. The van der Waals surface area contributed by atoms with E-state index >= 15 is 0 Å². The first-order valence-corrected chi connectivity index (χ1v) is 14.5. The minimum absolute atomic E-state index is 1.18. The highest BCUT2D eigenvalue weighted by Gasteiger charge is 2.20. The molecule has 186 valence electrons. The lowest BCUT2D eigenvalue weighted by molar-refractivity contribution is 1.18. The summed E-state index contributed by atoms with van der Waals surface area (Å²) in [5.41, 5.74) is 6.11. The maximum Gasteiger partial charge on any atom is 0.0547 e. The average Bonchev–Trinajstić information content (AvgIpc) is 3.58. The van der Waals surface area contributed by atoms with Crippen LogP contribution in [0.4, 0.5) is 0 Å². The molecule has 0 aliphatic heterocycles. The molecule has 0 saturated heterocycles. The zero-order valence-electron chi connectivity index (χ0n) is 21.6. The summed E-state index contributed by atoms with van der Waals surface area (Å²) in [6, 6.07) is 51.0. The molecule has 0 fully saturated rings. The van der Waals surface area contributed by atoms with E-state index in [0.29, 0.717) is 0 Å². The molecule has 0 unspecified atom stereocenters. The Bertz CT molecular complexity index is 2420. The van der Waals surface area contributed by atoms with Crippen LogP contribution in [0.3, 0.4) is 0 Å². The lowest BCUT2D eigenvalue weighted by Crippen LogP contribution is -1.94. The molecule has 40 heavy (non-hydrogen) atoms. The molecule has 1 nitrogen and oxygen atoms in total. The normalized spacial score (nSPS) is 12.0. The first kappa shape index (κ1) is 22.0. The monoisotopic (exact) mass is 525 g/mol. The van der Waals surface area contributed by atoms with Crippen LogP contribution in [0.25, 0.3) is 80.3 Å². The van der Waals surface area contributed by atoms with E-state index in [1.807, 2.05) is 11.3 Å². The summed E-state index contributed by atoms with van der Waals surface area (Å²) in [5.74, 6) is 0. The Morgan fingerprint density at radius 2 is 1.10 bits per heavy atom. The minimum Gasteiger partial charge on any atom is -0.309 e. The van der Waals surface area contributed by atoms with Gasteiger partial charge >= 0.3 is 0 Å². The van der Waals surface area contributed by atoms with Crippen LogP contribution in [-0.4, -0.2) is 4.57 Å². The zero-order chi connectivity index (χ0) is 26.2. The molecular formula is C38H23NS. The average molecular weight is 526 g/mol. The van der Waals surface area contributed by atoms with Crippen LogP contribution in [0, 0.1) is 0 Å². The van der Waals surface area contributed by atoms with Gasteiger partial charge in [0.2, 0.25) is 0 Å². The molecule has 0 aliphatic carbocycles. The SMILES string of the molecule is c1ccc(-c2cccc(-n3c4ccccc4c4c5c(ccc43)c3ccccc3c3sc4ccccc4c35)c2)cc1. The summed E-state index contributed by atoms with van der Waals surface area (Å²) in [5, 5.41) is 10.7. The van der Waals surface area contributed by atoms with Gasteiger partial charge in [-0.25, -0.2) is 0 Å². The predicted octanol–water partition coefficient (Wildman–Crippen LogP) is 11.1. The summed E-state index contributed by atoms with van der Waals surface area (Å²) in [4.78, 5) is 0. The van der Waals surface area contributed by atoms with E-state index in [1.54, 1.807) is 0 Å². The van der Waals surface area contributed by atoms with E-state index < -0.39 is 0 Å². The highest BCUT2D eigenvalue weighted by atomic mass is 32.1. The van der Waals surface area contributed by atoms with Crippen molar-refractivity contribution in [3.8, 4) is 16.8 Å². The highest BCUT2D eigenvalue weighted by molar-refractivity contribution is 7.27. The number of benzene rings is 7. The number of hydrogen-bond acceptors (Lipinski definition) is 1. The van der Waals surface area contributed by atoms with E-state index in [1.165, 1.54) is 80.3 Å². The highest BCUT2D eigenvalue weighted by Crippen LogP contribution is 2.48. The van der Waals surface area contributed by atoms with Crippen molar-refractivity contribution in [2.45, 2.75) is 0 Å². The van der Waals surface area contributed by atoms with Gasteiger partial charge in [-0.2, -0.15) is 0 Å². The Kier molecular flexibility index (Phi) is 4.55. The third-order valence-corrected chi connectivity index (χ3v) is 9.56. The molecule has 0 radical (unpaired) electrons. The van der Waals surface area contributed by atoms with Gasteiger partial charge in [-0.1, -0.05) is 109 Å². The van der Waals surface area contributed by atoms with Crippen LogP contribution >= 0.6 is 11.3 Å². The van der Waals surface area contributed by atoms with E-state index in [2.05, 4.69) is 144 Å². The van der Waals surface area contributed by atoms with Gasteiger partial charge in [0, 0.05) is 47.4 Å². The maximum atomic E-state index is 2.45. The van der Waals surface area contributed by atoms with Gasteiger partial charge in [0.05, 0.1) is 11.0 Å². The first-order chi connectivity index (χ1) is 19.9. The van der Waals surface area contributed by atoms with Gasteiger partial charge in [-0.05, 0) is 52.2 Å². The van der Waals surface area contributed by atoms with Gasteiger partial charge in [0.15, 0.2) is 0 Å². The molecule has 9 rings (SSSR count). The smallest absolute Gasteiger partial charge is 0.0547 e. The van der Waals surface area contributed by atoms with Crippen LogP contribution in [0.15, 0.2) is 140 Å². The Morgan fingerprint density at radius 3 is 1.98 bits per heavy atom. The standard InChI is InChI=1S/C38H23NS/c1-2-11-24(12-3-1)25-13-10-14-26(23-25)39-32-19-8-6-17-30(32)35-33(39)22-21-28-27-15-4-5-16-29(27)38-37(36(28)35)31-18-7-9-20-34(31)40-38/h1-23H. The fourth-order valence-electron chi connectivity index (χ4n) is 6.68. The van der Waals surface area contributed by atoms with Crippen molar-refractivity contribution in [1.82, 2.24) is 4.57 Å². The van der Waals surface area contributed by atoms with Crippen molar-refractivity contribution >= 4 is 74.9 Å². The van der Waals surface area contributed by atoms with E-state index in [-0.39, 0.29) is 0 Å². The number of nitrogens with zero attached hydrogens (tertiary/aromatic N) is 1. The van der Waals surface area contributed by atoms with Gasteiger partial charge in [-0.3, -0.25) is 0 Å². The van der Waals surface area contributed by atoms with Gasteiger partial charge < -0.3 is 4.57 Å². The molecule has 2 heterocycles. The van der Waals surface area contributed by atoms with Gasteiger partial charge in [-0.15, -0.1) is 11.3 Å². The molecule has 0 bridgehead atoms. The summed E-state index contributed by atoms with van der Waals surface area (Å²) < 4.78 is 5.16. The second-order valence-corrected chi connectivity index (χ2v) is 11.6. The number of rotatable bonds is 2. The van der Waals surface area contributed by atoms with E-state index in [4.69, 9.17) is 0 Å². The van der Waals surface area contributed by atoms with Crippen molar-refractivity contribution in [3.63, 3.8) is 0 Å². The maximum absolute atomic E-state index is 2.45. The van der Waals surface area contributed by atoms with Crippen LogP contribution in [0.2, 0.25) is 0 Å². The minimum atomic E-state index is 1.18. The van der Waals surface area contributed by atoms with Crippen molar-refractivity contribution < 1.29 is 0 Å². The van der Waals surface area contributed by atoms with Crippen LogP contribution < -0.4 is 0 Å². The Balaban J connectivity index is 1.50. The molecule has 0 aliphatic rings. The molecule has 2 heteroatoms. The van der Waals surface area contributed by atoms with Gasteiger partial charge in [0.1, 0.15) is 0 Å². The molecular weight excluding hydrogens is 502 g/mol. The van der Waals surface area contributed by atoms with Crippen molar-refractivity contribution in [3.05, 3.63) is 140 Å². The van der Waals surface area contributed by atoms with Gasteiger partial charge in [0.25, 0.3) is 0 Å². The molecule has 0 N–H and O–H groups in total. The number of fused-ring (bicyclic) bond motifs is 12. The third kappa shape index (κ3) is 2.97. The second-order valence-electron chi connectivity index (χ2n) is 10.5. The Hall–Kier alpha value is -4.92. The fourth-order valence-corrected chi connectivity index (χ4v) is 7.93. The Labute approximate surface area is 235 Å². The van der Waals surface area contributed by atoms with E-state index in [9.17, 15) is 0 Å². The third-order valence-electron chi connectivity index (χ3n) is 8.36. The number of thiophene rings is 1. The molecule has 2 aromatic heterocycles. The lowest BCUT2D eigenvalue weighted by atomic mass is 9.94. The van der Waals surface area contributed by atoms with Crippen molar-refractivity contribution in [1.29, 1.82) is 0 Å². The lowest BCUT2D eigenvalue weighted by Gasteiger charge is -2.12. The summed E-state index contributed by atoms with van der Waals surface area (Å²) in [6.07, 6.45) is 0. The summed E-state index contributed by atoms with van der Waals surface area (Å²) >= 11 is 1.92. The second kappa shape index (κ2) is 8.29. The quantitative estimate of drug-likeness (QED) is 0.198. The number of aromatic nitrogens is 1. The summed E-state index contributed by atoms with van der Waals surface area (Å²) in [7, 11) is 0. The summed E-state index contributed by atoms with van der Waals surface area (Å²) in [6.45, 7) is 0. The largest absolute Gasteiger partial charge is 0.309 e. The molecule has 0 saturated carbocycles. The first-order valence-electron chi connectivity index (χ1n) is 13.7. The molecule has 0 atom stereocenters. The van der Waals surface area contributed by atoms with Crippen LogP contribution in [0.5, 0.6) is 0 Å². The van der Waals surface area contributed by atoms with E-state index in [0.717, 1.165) is 0 Å². The molecule has 9 aromatic rings. The topological polar surface area (TPSA) is 4.93 Å². The van der Waals surface area contributed by atoms with Crippen molar-refractivity contribution in [2.75, 3.05) is 0 Å². The van der Waals surface area contributed by atoms with Crippen LogP contribution in [0.1, 0.15) is 0 Å². The van der Waals surface area contributed by atoms with Crippen molar-refractivity contribution in [2.24, 2.45) is 0 Å². The number of para-hydroxylation sites is 1. The number of hydrogen-bond donors (Lipinski definition) is 0. The van der Waals surface area contributed by atoms with Crippen LogP contribution in [-0.2, 0) is 0 Å². The molecule has 0 amide bonds. The predicted molar refractivity (Wildman–Crippen MR) is 174 cm³/mol. The fraction of sp³-hybridized carbons (Fsp3) is 0. The zero-order valence-corrected chi connectivity index (χ0v) is 22.5. The molecule has 0 spiro atoms.